The molecular weight excluding hydrogens is 301 g/mol. The van der Waals surface area contributed by atoms with Crippen LogP contribution in [0.5, 0.6) is 0 Å². The van der Waals surface area contributed by atoms with Crippen LogP contribution in [0.2, 0.25) is 0 Å². The summed E-state index contributed by atoms with van der Waals surface area (Å²) in [6, 6.07) is 15.4. The highest BCUT2D eigenvalue weighted by molar-refractivity contribution is 5.37. The third kappa shape index (κ3) is 3.74. The van der Waals surface area contributed by atoms with Crippen molar-refractivity contribution in [3.8, 4) is 0 Å². The van der Waals surface area contributed by atoms with Crippen molar-refractivity contribution in [2.24, 2.45) is 0 Å². The van der Waals surface area contributed by atoms with E-state index >= 15 is 0 Å². The van der Waals surface area contributed by atoms with Crippen molar-refractivity contribution in [3.05, 3.63) is 71.3 Å². The first-order valence-electron chi connectivity index (χ1n) is 7.72. The number of hydrogen-bond acceptors (Lipinski definition) is 2. The van der Waals surface area contributed by atoms with Gasteiger partial charge < -0.3 is 10.6 Å². The van der Waals surface area contributed by atoms with Gasteiger partial charge in [-0.1, -0.05) is 48.5 Å². The lowest BCUT2D eigenvalue weighted by molar-refractivity contribution is -0.137. The van der Waals surface area contributed by atoms with Crippen LogP contribution in [0.4, 0.5) is 13.2 Å². The average molecular weight is 320 g/mol. The van der Waals surface area contributed by atoms with Crippen LogP contribution in [-0.4, -0.2) is 25.7 Å². The Morgan fingerprint density at radius 2 is 1.65 bits per heavy atom. The maximum Gasteiger partial charge on any atom is 0.416 e. The number of piperazine rings is 1. The summed E-state index contributed by atoms with van der Waals surface area (Å²) in [5.74, 6) is -0.119. The van der Waals surface area contributed by atoms with Crippen LogP contribution in [0.25, 0.3) is 0 Å². The summed E-state index contributed by atoms with van der Waals surface area (Å²) >= 11 is 0. The number of halogens is 3. The number of benzene rings is 2. The normalized spacial score (nSPS) is 20.2. The maximum absolute atomic E-state index is 13.0. The Labute approximate surface area is 133 Å². The number of rotatable bonds is 3. The van der Waals surface area contributed by atoms with Crippen LogP contribution < -0.4 is 10.6 Å². The fraction of sp³-hybridized carbons (Fsp3) is 0.333. The fourth-order valence-corrected chi connectivity index (χ4v) is 3.14. The summed E-state index contributed by atoms with van der Waals surface area (Å²) in [6.45, 7) is 2.42. The lowest BCUT2D eigenvalue weighted by Crippen LogP contribution is -2.51. The Bertz CT molecular complexity index is 634. The second-order valence-corrected chi connectivity index (χ2v) is 5.78. The molecular formula is C18H19F3N2. The van der Waals surface area contributed by atoms with Gasteiger partial charge in [0.25, 0.3) is 0 Å². The van der Waals surface area contributed by atoms with Crippen molar-refractivity contribution >= 4 is 0 Å². The quantitative estimate of drug-likeness (QED) is 0.906. The standard InChI is InChI=1S/C18H19F3N2/c19-18(20,21)15-8-4-7-14(11-15)17(13-5-2-1-3-6-13)16-12-22-9-10-23-16/h1-8,11,16-17,22-23H,9-10,12H2. The summed E-state index contributed by atoms with van der Waals surface area (Å²) in [7, 11) is 0. The van der Waals surface area contributed by atoms with Crippen molar-refractivity contribution < 1.29 is 13.2 Å². The van der Waals surface area contributed by atoms with Crippen LogP contribution in [0, 0.1) is 0 Å². The van der Waals surface area contributed by atoms with Gasteiger partial charge in [0.05, 0.1) is 5.56 Å². The smallest absolute Gasteiger partial charge is 0.314 e. The second-order valence-electron chi connectivity index (χ2n) is 5.78. The summed E-state index contributed by atoms with van der Waals surface area (Å²) in [5, 5.41) is 6.75. The highest BCUT2D eigenvalue weighted by Crippen LogP contribution is 2.34. The zero-order chi connectivity index (χ0) is 16.3. The molecule has 1 saturated heterocycles. The molecule has 1 aliphatic rings. The molecule has 2 atom stereocenters. The van der Waals surface area contributed by atoms with Gasteiger partial charge in [-0.05, 0) is 17.2 Å². The SMILES string of the molecule is FC(F)(F)c1cccc(C(c2ccccc2)C2CNCCN2)c1. The third-order valence-corrected chi connectivity index (χ3v) is 4.21. The third-order valence-electron chi connectivity index (χ3n) is 4.21. The molecule has 2 N–H and O–H groups in total. The zero-order valence-corrected chi connectivity index (χ0v) is 12.6. The van der Waals surface area contributed by atoms with Gasteiger partial charge in [-0.25, -0.2) is 0 Å². The molecule has 2 unspecified atom stereocenters. The van der Waals surface area contributed by atoms with E-state index in [-0.39, 0.29) is 12.0 Å². The molecule has 1 heterocycles. The van der Waals surface area contributed by atoms with Crippen LogP contribution in [0.1, 0.15) is 22.6 Å². The van der Waals surface area contributed by atoms with Crippen molar-refractivity contribution in [1.82, 2.24) is 10.6 Å². The van der Waals surface area contributed by atoms with Crippen LogP contribution >= 0.6 is 0 Å². The van der Waals surface area contributed by atoms with Crippen molar-refractivity contribution in [1.29, 1.82) is 0 Å². The average Bonchev–Trinajstić information content (AvgIpc) is 2.57. The Morgan fingerprint density at radius 3 is 2.30 bits per heavy atom. The summed E-state index contributed by atoms with van der Waals surface area (Å²) in [4.78, 5) is 0. The van der Waals surface area contributed by atoms with Gasteiger partial charge in [-0.3, -0.25) is 0 Å². The van der Waals surface area contributed by atoms with Crippen molar-refractivity contribution in [2.75, 3.05) is 19.6 Å². The molecule has 2 aromatic carbocycles. The Kier molecular flexibility index (Phi) is 4.68. The topological polar surface area (TPSA) is 24.1 Å². The van der Waals surface area contributed by atoms with Gasteiger partial charge in [0.1, 0.15) is 0 Å². The van der Waals surface area contributed by atoms with Crippen LogP contribution in [-0.2, 0) is 6.18 Å². The number of hydrogen-bond donors (Lipinski definition) is 2. The molecule has 0 spiro atoms. The highest BCUT2D eigenvalue weighted by atomic mass is 19.4. The molecule has 0 radical (unpaired) electrons. The lowest BCUT2D eigenvalue weighted by atomic mass is 9.83. The van der Waals surface area contributed by atoms with E-state index in [9.17, 15) is 13.2 Å². The first-order chi connectivity index (χ1) is 11.1. The minimum atomic E-state index is -4.32. The zero-order valence-electron chi connectivity index (χ0n) is 12.6. The van der Waals surface area contributed by atoms with E-state index in [1.165, 1.54) is 12.1 Å². The van der Waals surface area contributed by atoms with Crippen LogP contribution in [0.15, 0.2) is 54.6 Å². The maximum atomic E-state index is 13.0. The molecule has 3 rings (SSSR count). The van der Waals surface area contributed by atoms with Gasteiger partial charge >= 0.3 is 6.18 Å². The number of nitrogens with one attached hydrogen (secondary N) is 2. The minimum absolute atomic E-state index is 0.0645. The number of alkyl halides is 3. The molecule has 0 amide bonds. The van der Waals surface area contributed by atoms with Crippen molar-refractivity contribution in [2.45, 2.75) is 18.1 Å². The first-order valence-corrected chi connectivity index (χ1v) is 7.72. The minimum Gasteiger partial charge on any atom is -0.314 e. The molecule has 0 aromatic heterocycles. The Hall–Kier alpha value is -1.85. The molecule has 2 aromatic rings. The monoisotopic (exact) mass is 320 g/mol. The van der Waals surface area contributed by atoms with E-state index < -0.39 is 11.7 Å². The van der Waals surface area contributed by atoms with E-state index in [0.717, 1.165) is 31.3 Å². The lowest BCUT2D eigenvalue weighted by Gasteiger charge is -2.33. The van der Waals surface area contributed by atoms with E-state index in [1.54, 1.807) is 6.07 Å². The predicted molar refractivity (Wildman–Crippen MR) is 84.4 cm³/mol. The van der Waals surface area contributed by atoms with Gasteiger partial charge in [0.15, 0.2) is 0 Å². The second kappa shape index (κ2) is 6.72. The molecule has 0 saturated carbocycles. The molecule has 5 heteroatoms. The predicted octanol–water partition coefficient (Wildman–Crippen LogP) is 3.40. The van der Waals surface area contributed by atoms with Crippen molar-refractivity contribution in [3.63, 3.8) is 0 Å². The molecule has 23 heavy (non-hydrogen) atoms. The van der Waals surface area contributed by atoms with Gasteiger partial charge in [-0.15, -0.1) is 0 Å². The molecule has 122 valence electrons. The van der Waals surface area contributed by atoms with Gasteiger partial charge in [0.2, 0.25) is 0 Å². The molecule has 2 nitrogen and oxygen atoms in total. The highest BCUT2D eigenvalue weighted by Gasteiger charge is 2.32. The Balaban J connectivity index is 2.01. The largest absolute Gasteiger partial charge is 0.416 e. The fourth-order valence-electron chi connectivity index (χ4n) is 3.14. The van der Waals surface area contributed by atoms with E-state index in [0.29, 0.717) is 5.56 Å². The summed E-state index contributed by atoms with van der Waals surface area (Å²) in [6.07, 6.45) is -4.32. The summed E-state index contributed by atoms with van der Waals surface area (Å²) < 4.78 is 39.1. The summed E-state index contributed by atoms with van der Waals surface area (Å²) in [5.41, 5.74) is 1.11. The Morgan fingerprint density at radius 1 is 0.913 bits per heavy atom. The van der Waals surface area contributed by atoms with E-state index in [1.807, 2.05) is 30.3 Å². The molecule has 0 aliphatic carbocycles. The molecule has 1 fully saturated rings. The first kappa shape index (κ1) is 16.0. The molecule has 1 aliphatic heterocycles. The van der Waals surface area contributed by atoms with Gasteiger partial charge in [0, 0.05) is 31.6 Å². The van der Waals surface area contributed by atoms with E-state index in [2.05, 4.69) is 10.6 Å². The van der Waals surface area contributed by atoms with Crippen LogP contribution in [0.3, 0.4) is 0 Å². The van der Waals surface area contributed by atoms with E-state index in [4.69, 9.17) is 0 Å². The van der Waals surface area contributed by atoms with Gasteiger partial charge in [-0.2, -0.15) is 13.2 Å². The molecule has 0 bridgehead atoms.